The summed E-state index contributed by atoms with van der Waals surface area (Å²) in [6, 6.07) is 3.82. The summed E-state index contributed by atoms with van der Waals surface area (Å²) in [5.41, 5.74) is 0.424. The summed E-state index contributed by atoms with van der Waals surface area (Å²) >= 11 is 0. The Bertz CT molecular complexity index is 635. The van der Waals surface area contributed by atoms with Crippen molar-refractivity contribution in [3.63, 3.8) is 0 Å². The molecule has 2 N–H and O–H groups in total. The monoisotopic (exact) mass is 437 g/mol. The van der Waals surface area contributed by atoms with Crippen LogP contribution >= 0.6 is 0 Å². The van der Waals surface area contributed by atoms with E-state index in [-0.39, 0.29) is 6.09 Å². The highest BCUT2D eigenvalue weighted by molar-refractivity contribution is 5.79. The van der Waals surface area contributed by atoms with Crippen LogP contribution in [0.5, 0.6) is 0 Å². The van der Waals surface area contributed by atoms with Crippen molar-refractivity contribution < 1.29 is 19.0 Å². The molecule has 0 spiro atoms. The second-order valence-corrected chi connectivity index (χ2v) is 8.00. The average molecular weight is 438 g/mol. The van der Waals surface area contributed by atoms with Gasteiger partial charge in [0.25, 0.3) is 0 Å². The Morgan fingerprint density at radius 1 is 1.16 bits per heavy atom. The first-order valence-electron chi connectivity index (χ1n) is 10.7. The van der Waals surface area contributed by atoms with Gasteiger partial charge in [0.2, 0.25) is 0 Å². The minimum Gasteiger partial charge on any atom is -0.444 e. The summed E-state index contributed by atoms with van der Waals surface area (Å²) in [4.78, 5) is 22.7. The van der Waals surface area contributed by atoms with E-state index in [0.717, 1.165) is 30.9 Å². The Morgan fingerprint density at radius 2 is 1.90 bits per heavy atom. The Labute approximate surface area is 186 Å². The van der Waals surface area contributed by atoms with E-state index in [1.54, 1.807) is 31.5 Å². The molecule has 0 aliphatic carbocycles. The van der Waals surface area contributed by atoms with Gasteiger partial charge in [-0.2, -0.15) is 0 Å². The lowest BCUT2D eigenvalue weighted by atomic mass is 10.2. The number of carbonyl (C=O) groups is 1. The SMILES string of the molecule is CN=C(NCCCOCCOC)NCCCN(Cc1cccnc1)C(=O)OC(C)(C)C. The van der Waals surface area contributed by atoms with Crippen LogP contribution in [0.2, 0.25) is 0 Å². The fourth-order valence-electron chi connectivity index (χ4n) is 2.60. The van der Waals surface area contributed by atoms with Gasteiger partial charge in [-0.05, 0) is 45.2 Å². The van der Waals surface area contributed by atoms with Crippen LogP contribution in [0.15, 0.2) is 29.5 Å². The number of nitrogens with one attached hydrogen (secondary N) is 2. The summed E-state index contributed by atoms with van der Waals surface area (Å²) in [7, 11) is 3.39. The summed E-state index contributed by atoms with van der Waals surface area (Å²) in [5, 5.41) is 6.53. The van der Waals surface area contributed by atoms with Crippen molar-refractivity contribution in [1.82, 2.24) is 20.5 Å². The van der Waals surface area contributed by atoms with E-state index >= 15 is 0 Å². The van der Waals surface area contributed by atoms with Crippen molar-refractivity contribution in [2.24, 2.45) is 4.99 Å². The van der Waals surface area contributed by atoms with Crippen molar-refractivity contribution >= 4 is 12.1 Å². The van der Waals surface area contributed by atoms with Gasteiger partial charge in [0.05, 0.1) is 19.8 Å². The van der Waals surface area contributed by atoms with Crippen LogP contribution in [-0.4, -0.2) is 81.2 Å². The first kappa shape index (κ1) is 26.6. The normalized spacial score (nSPS) is 11.8. The summed E-state index contributed by atoms with van der Waals surface area (Å²) < 4.78 is 15.9. The number of nitrogens with zero attached hydrogens (tertiary/aromatic N) is 3. The lowest BCUT2D eigenvalue weighted by Gasteiger charge is -2.27. The van der Waals surface area contributed by atoms with Gasteiger partial charge in [0.1, 0.15) is 5.60 Å². The number of hydrogen-bond donors (Lipinski definition) is 2. The van der Waals surface area contributed by atoms with Crippen LogP contribution in [-0.2, 0) is 20.8 Å². The molecule has 9 nitrogen and oxygen atoms in total. The molecule has 0 bridgehead atoms. The van der Waals surface area contributed by atoms with Crippen LogP contribution in [0, 0.1) is 0 Å². The molecule has 0 atom stereocenters. The number of amides is 1. The van der Waals surface area contributed by atoms with E-state index in [9.17, 15) is 4.79 Å². The molecule has 176 valence electrons. The predicted molar refractivity (Wildman–Crippen MR) is 122 cm³/mol. The third-order valence-corrected chi connectivity index (χ3v) is 4.06. The quantitative estimate of drug-likeness (QED) is 0.278. The Balaban J connectivity index is 2.39. The molecule has 0 saturated carbocycles. The van der Waals surface area contributed by atoms with Crippen molar-refractivity contribution in [3.8, 4) is 0 Å². The Kier molecular flexibility index (Phi) is 13.3. The summed E-state index contributed by atoms with van der Waals surface area (Å²) in [6.07, 6.45) is 4.78. The first-order chi connectivity index (χ1) is 14.9. The fraction of sp³-hybridized carbons (Fsp3) is 0.682. The van der Waals surface area contributed by atoms with Gasteiger partial charge < -0.3 is 29.7 Å². The van der Waals surface area contributed by atoms with Crippen LogP contribution in [0.3, 0.4) is 0 Å². The predicted octanol–water partition coefficient (Wildman–Crippen LogP) is 2.43. The van der Waals surface area contributed by atoms with E-state index in [4.69, 9.17) is 14.2 Å². The van der Waals surface area contributed by atoms with Crippen LogP contribution in [0.25, 0.3) is 0 Å². The number of aromatic nitrogens is 1. The molecule has 1 heterocycles. The molecular weight excluding hydrogens is 398 g/mol. The van der Waals surface area contributed by atoms with Gasteiger partial charge in [0, 0.05) is 52.8 Å². The van der Waals surface area contributed by atoms with Crippen LogP contribution in [0.1, 0.15) is 39.2 Å². The van der Waals surface area contributed by atoms with Gasteiger partial charge in [-0.15, -0.1) is 0 Å². The highest BCUT2D eigenvalue weighted by Crippen LogP contribution is 2.12. The lowest BCUT2D eigenvalue weighted by molar-refractivity contribution is 0.0232. The van der Waals surface area contributed by atoms with E-state index in [1.807, 2.05) is 32.9 Å². The van der Waals surface area contributed by atoms with Crippen molar-refractivity contribution in [1.29, 1.82) is 0 Å². The van der Waals surface area contributed by atoms with Gasteiger partial charge in [-0.3, -0.25) is 9.98 Å². The largest absolute Gasteiger partial charge is 0.444 e. The number of aliphatic imine (C=N–C) groups is 1. The number of ether oxygens (including phenoxy) is 3. The van der Waals surface area contributed by atoms with E-state index in [0.29, 0.717) is 39.5 Å². The molecule has 1 aromatic rings. The Hall–Kier alpha value is -2.39. The maximum Gasteiger partial charge on any atom is 0.410 e. The molecule has 0 aliphatic heterocycles. The van der Waals surface area contributed by atoms with Gasteiger partial charge >= 0.3 is 6.09 Å². The second kappa shape index (κ2) is 15.4. The minimum absolute atomic E-state index is 0.327. The maximum absolute atomic E-state index is 12.6. The second-order valence-electron chi connectivity index (χ2n) is 8.00. The highest BCUT2D eigenvalue weighted by Gasteiger charge is 2.22. The minimum atomic E-state index is -0.540. The molecule has 1 rings (SSSR count). The summed E-state index contributed by atoms with van der Waals surface area (Å²) in [5.74, 6) is 0.730. The van der Waals surface area contributed by atoms with Gasteiger partial charge in [-0.25, -0.2) is 4.79 Å². The lowest BCUT2D eigenvalue weighted by Crippen LogP contribution is -2.41. The molecule has 0 aliphatic rings. The maximum atomic E-state index is 12.6. The highest BCUT2D eigenvalue weighted by atomic mass is 16.6. The zero-order valence-corrected chi connectivity index (χ0v) is 19.6. The number of pyridine rings is 1. The zero-order chi connectivity index (χ0) is 23.0. The van der Waals surface area contributed by atoms with Crippen molar-refractivity contribution in [2.75, 3.05) is 53.6 Å². The molecule has 1 aromatic heterocycles. The number of methoxy groups -OCH3 is 1. The number of guanidine groups is 1. The third-order valence-electron chi connectivity index (χ3n) is 4.06. The zero-order valence-electron chi connectivity index (χ0n) is 19.6. The molecule has 0 saturated heterocycles. The smallest absolute Gasteiger partial charge is 0.410 e. The van der Waals surface area contributed by atoms with Gasteiger partial charge in [0.15, 0.2) is 5.96 Å². The van der Waals surface area contributed by atoms with E-state index in [2.05, 4.69) is 20.6 Å². The number of rotatable bonds is 13. The van der Waals surface area contributed by atoms with E-state index < -0.39 is 5.60 Å². The fourth-order valence-corrected chi connectivity index (χ4v) is 2.60. The molecule has 0 radical (unpaired) electrons. The van der Waals surface area contributed by atoms with E-state index in [1.165, 1.54) is 0 Å². The molecule has 31 heavy (non-hydrogen) atoms. The van der Waals surface area contributed by atoms with Crippen molar-refractivity contribution in [3.05, 3.63) is 30.1 Å². The third kappa shape index (κ3) is 13.5. The average Bonchev–Trinajstić information content (AvgIpc) is 2.73. The molecule has 0 unspecified atom stereocenters. The number of hydrogen-bond acceptors (Lipinski definition) is 6. The van der Waals surface area contributed by atoms with Crippen molar-refractivity contribution in [2.45, 2.75) is 45.8 Å². The molecule has 1 amide bonds. The Morgan fingerprint density at radius 3 is 2.52 bits per heavy atom. The summed E-state index contributed by atoms with van der Waals surface area (Å²) in [6.45, 7) is 9.95. The van der Waals surface area contributed by atoms with Crippen LogP contribution < -0.4 is 10.6 Å². The standard InChI is InChI=1S/C22H39N5O4/c1-22(2,3)31-21(28)27(18-19-9-6-10-24-17-19)13-7-11-25-20(23-4)26-12-8-14-30-16-15-29-5/h6,9-10,17H,7-8,11-16,18H2,1-5H3,(H2,23,25,26). The first-order valence-corrected chi connectivity index (χ1v) is 10.7. The molecule has 9 heteroatoms. The molecule has 0 fully saturated rings. The van der Waals surface area contributed by atoms with Gasteiger partial charge in [-0.1, -0.05) is 6.07 Å². The molecular formula is C22H39N5O4. The topological polar surface area (TPSA) is 97.3 Å². The number of carbonyl (C=O) groups excluding carboxylic acids is 1. The van der Waals surface area contributed by atoms with Crippen LogP contribution in [0.4, 0.5) is 4.79 Å². The molecule has 0 aromatic carbocycles.